The summed E-state index contributed by atoms with van der Waals surface area (Å²) in [6, 6.07) is 6.62. The first-order valence-corrected chi connectivity index (χ1v) is 4.38. The summed E-state index contributed by atoms with van der Waals surface area (Å²) < 4.78 is 5.07. The van der Waals surface area contributed by atoms with Crippen molar-refractivity contribution in [3.8, 4) is 11.3 Å². The van der Waals surface area contributed by atoms with E-state index in [-0.39, 0.29) is 0 Å². The first-order valence-electron chi connectivity index (χ1n) is 4.38. The molecule has 0 fully saturated rings. The Hall–Kier alpha value is -2.17. The van der Waals surface area contributed by atoms with E-state index in [9.17, 15) is 4.91 Å². The summed E-state index contributed by atoms with van der Waals surface area (Å²) in [5.41, 5.74) is 8.08. The lowest BCUT2D eigenvalue weighted by molar-refractivity contribution is 0.427. The number of hydrogen-bond donors (Lipinski definition) is 1. The normalized spacial score (nSPS) is 10.2. The number of hydrogen-bond acceptors (Lipinski definition) is 5. The Balaban J connectivity index is 2.45. The molecule has 0 aliphatic heterocycles. The summed E-state index contributed by atoms with van der Waals surface area (Å²) in [5, 5.41) is 6.56. The average molecular weight is 203 g/mol. The minimum Gasteiger partial charge on any atom is -0.394 e. The van der Waals surface area contributed by atoms with Gasteiger partial charge in [0, 0.05) is 5.56 Å². The molecule has 1 aromatic carbocycles. The second-order valence-corrected chi connectivity index (χ2v) is 3.15. The van der Waals surface area contributed by atoms with Crippen LogP contribution in [0, 0.1) is 11.8 Å². The zero-order chi connectivity index (χ0) is 10.8. The molecule has 0 unspecified atom stereocenters. The summed E-state index contributed by atoms with van der Waals surface area (Å²) in [5.74, 6) is 0.518. The van der Waals surface area contributed by atoms with Gasteiger partial charge >= 0.3 is 0 Å². The van der Waals surface area contributed by atoms with E-state index in [1.807, 2.05) is 0 Å². The molecule has 2 N–H and O–H groups in total. The lowest BCUT2D eigenvalue weighted by Gasteiger charge is -1.96. The highest BCUT2D eigenvalue weighted by Crippen LogP contribution is 2.29. The first-order chi connectivity index (χ1) is 7.22. The standard InChI is InChI=1S/C10H9N3O2/c1-6-9(11)10(15-13-6)7-2-4-8(12-14)5-3-7/h2-5H,11H2,1H3. The first kappa shape index (κ1) is 9.39. The molecule has 5 heteroatoms. The molecule has 76 valence electrons. The van der Waals surface area contributed by atoms with Gasteiger partial charge in [-0.25, -0.2) is 0 Å². The molecule has 0 spiro atoms. The van der Waals surface area contributed by atoms with Crippen molar-refractivity contribution in [2.24, 2.45) is 5.18 Å². The number of nitrogens with two attached hydrogens (primary N) is 1. The quantitative estimate of drug-likeness (QED) is 0.760. The Bertz CT molecular complexity index is 488. The second kappa shape index (κ2) is 3.53. The lowest BCUT2D eigenvalue weighted by atomic mass is 10.1. The Morgan fingerprint density at radius 2 is 2.00 bits per heavy atom. The van der Waals surface area contributed by atoms with Crippen molar-refractivity contribution < 1.29 is 4.52 Å². The highest BCUT2D eigenvalue weighted by Gasteiger charge is 2.11. The summed E-state index contributed by atoms with van der Waals surface area (Å²) in [4.78, 5) is 10.2. The van der Waals surface area contributed by atoms with E-state index in [0.717, 1.165) is 5.56 Å². The molecule has 0 atom stereocenters. The maximum atomic E-state index is 10.2. The molecular formula is C10H9N3O2. The fraction of sp³-hybridized carbons (Fsp3) is 0.100. The molecular weight excluding hydrogens is 194 g/mol. The monoisotopic (exact) mass is 203 g/mol. The van der Waals surface area contributed by atoms with Crippen LogP contribution < -0.4 is 5.73 Å². The molecule has 2 aromatic rings. The number of aromatic nitrogens is 1. The van der Waals surface area contributed by atoms with Gasteiger partial charge in [-0.3, -0.25) is 0 Å². The third-order valence-electron chi connectivity index (χ3n) is 2.14. The van der Waals surface area contributed by atoms with Gasteiger partial charge in [0.05, 0.1) is 0 Å². The Kier molecular flexibility index (Phi) is 2.21. The van der Waals surface area contributed by atoms with Gasteiger partial charge in [0.1, 0.15) is 17.1 Å². The smallest absolute Gasteiger partial charge is 0.189 e. The molecule has 0 aliphatic carbocycles. The van der Waals surface area contributed by atoms with E-state index in [1.165, 1.54) is 0 Å². The SMILES string of the molecule is Cc1noc(-c2ccc(N=O)cc2)c1N. The highest BCUT2D eigenvalue weighted by molar-refractivity contribution is 5.72. The number of rotatable bonds is 2. The van der Waals surface area contributed by atoms with Crippen LogP contribution in [0.3, 0.4) is 0 Å². The van der Waals surface area contributed by atoms with E-state index in [2.05, 4.69) is 10.3 Å². The Labute approximate surface area is 85.9 Å². The van der Waals surface area contributed by atoms with Crippen molar-refractivity contribution in [2.75, 3.05) is 5.73 Å². The molecule has 0 bridgehead atoms. The Morgan fingerprint density at radius 3 is 2.47 bits per heavy atom. The number of nitrogens with zero attached hydrogens (tertiary/aromatic N) is 2. The third kappa shape index (κ3) is 1.59. The van der Waals surface area contributed by atoms with Crippen molar-refractivity contribution in [3.63, 3.8) is 0 Å². The lowest BCUT2D eigenvalue weighted by Crippen LogP contribution is -1.87. The van der Waals surface area contributed by atoms with E-state index in [1.54, 1.807) is 31.2 Å². The van der Waals surface area contributed by atoms with Crippen LogP contribution in [-0.4, -0.2) is 5.16 Å². The summed E-state index contributed by atoms with van der Waals surface area (Å²) in [6.07, 6.45) is 0. The fourth-order valence-corrected chi connectivity index (χ4v) is 1.26. The third-order valence-corrected chi connectivity index (χ3v) is 2.14. The maximum Gasteiger partial charge on any atom is 0.189 e. The minimum absolute atomic E-state index is 0.369. The largest absolute Gasteiger partial charge is 0.394 e. The molecule has 0 saturated heterocycles. The van der Waals surface area contributed by atoms with Crippen LogP contribution in [0.1, 0.15) is 5.69 Å². The number of benzene rings is 1. The van der Waals surface area contributed by atoms with Crippen molar-refractivity contribution in [2.45, 2.75) is 6.92 Å². The summed E-state index contributed by atoms with van der Waals surface area (Å²) in [7, 11) is 0. The molecule has 1 aromatic heterocycles. The molecule has 0 saturated carbocycles. The van der Waals surface area contributed by atoms with Crippen LogP contribution in [0.2, 0.25) is 0 Å². The van der Waals surface area contributed by atoms with E-state index < -0.39 is 0 Å². The van der Waals surface area contributed by atoms with Crippen LogP contribution in [0.15, 0.2) is 34.0 Å². The van der Waals surface area contributed by atoms with E-state index >= 15 is 0 Å². The van der Waals surface area contributed by atoms with Gasteiger partial charge in [0.25, 0.3) is 0 Å². The zero-order valence-electron chi connectivity index (χ0n) is 8.10. The predicted octanol–water partition coefficient (Wildman–Crippen LogP) is 2.63. The van der Waals surface area contributed by atoms with Gasteiger partial charge in [-0.05, 0) is 36.4 Å². The summed E-state index contributed by atoms with van der Waals surface area (Å²) in [6.45, 7) is 1.77. The van der Waals surface area contributed by atoms with E-state index in [4.69, 9.17) is 10.3 Å². The number of nitroso groups, excluding NO2 is 1. The molecule has 0 aliphatic rings. The van der Waals surface area contributed by atoms with Gasteiger partial charge < -0.3 is 10.3 Å². The van der Waals surface area contributed by atoms with Crippen molar-refractivity contribution in [1.29, 1.82) is 0 Å². The molecule has 1 heterocycles. The minimum atomic E-state index is 0.369. The molecule has 5 nitrogen and oxygen atoms in total. The van der Waals surface area contributed by atoms with Crippen LogP contribution in [0.4, 0.5) is 11.4 Å². The Morgan fingerprint density at radius 1 is 1.33 bits per heavy atom. The van der Waals surface area contributed by atoms with Crippen LogP contribution in [0.5, 0.6) is 0 Å². The van der Waals surface area contributed by atoms with Gasteiger partial charge in [-0.1, -0.05) is 5.16 Å². The van der Waals surface area contributed by atoms with Crippen molar-refractivity contribution in [1.82, 2.24) is 5.16 Å². The van der Waals surface area contributed by atoms with Gasteiger partial charge in [0.15, 0.2) is 5.76 Å². The maximum absolute atomic E-state index is 10.2. The van der Waals surface area contributed by atoms with Crippen LogP contribution >= 0.6 is 0 Å². The topological polar surface area (TPSA) is 81.5 Å². The zero-order valence-corrected chi connectivity index (χ0v) is 8.10. The van der Waals surface area contributed by atoms with Gasteiger partial charge in [0.2, 0.25) is 0 Å². The van der Waals surface area contributed by atoms with Crippen molar-refractivity contribution in [3.05, 3.63) is 34.9 Å². The van der Waals surface area contributed by atoms with E-state index in [0.29, 0.717) is 22.8 Å². The predicted molar refractivity (Wildman–Crippen MR) is 56.5 cm³/mol. The number of aryl methyl sites for hydroxylation is 1. The van der Waals surface area contributed by atoms with Gasteiger partial charge in [-0.2, -0.15) is 0 Å². The number of anilines is 1. The van der Waals surface area contributed by atoms with Crippen LogP contribution in [-0.2, 0) is 0 Å². The van der Waals surface area contributed by atoms with Crippen molar-refractivity contribution >= 4 is 11.4 Å². The molecule has 2 rings (SSSR count). The average Bonchev–Trinajstić information content (AvgIpc) is 2.60. The molecule has 0 amide bonds. The van der Waals surface area contributed by atoms with Gasteiger partial charge in [-0.15, -0.1) is 4.91 Å². The van der Waals surface area contributed by atoms with Crippen LogP contribution in [0.25, 0.3) is 11.3 Å². The second-order valence-electron chi connectivity index (χ2n) is 3.15. The summed E-state index contributed by atoms with van der Waals surface area (Å²) >= 11 is 0. The number of nitrogen functional groups attached to an aromatic ring is 1. The molecule has 0 radical (unpaired) electrons. The fourth-order valence-electron chi connectivity index (χ4n) is 1.26. The highest BCUT2D eigenvalue weighted by atomic mass is 16.5. The molecule has 15 heavy (non-hydrogen) atoms.